The third-order valence-electron chi connectivity index (χ3n) is 5.39. The molecule has 2 N–H and O–H groups in total. The molecule has 2 heterocycles. The number of fused-ring (bicyclic) bond motifs is 1. The maximum atomic E-state index is 13.4. The van der Waals surface area contributed by atoms with Gasteiger partial charge in [0.1, 0.15) is 4.88 Å². The third kappa shape index (κ3) is 5.39. The number of halogens is 1. The molecular formula is C24H25ClN4O5S. The van der Waals surface area contributed by atoms with Crippen molar-refractivity contribution in [1.82, 2.24) is 5.32 Å². The van der Waals surface area contributed by atoms with Crippen molar-refractivity contribution in [1.29, 1.82) is 0 Å². The van der Waals surface area contributed by atoms with Gasteiger partial charge in [0.05, 0.1) is 44.8 Å². The molecule has 0 radical (unpaired) electrons. The maximum Gasteiger partial charge on any atom is 0.270 e. The van der Waals surface area contributed by atoms with Gasteiger partial charge in [0.2, 0.25) is 0 Å². The van der Waals surface area contributed by atoms with Crippen molar-refractivity contribution >= 4 is 61.9 Å². The summed E-state index contributed by atoms with van der Waals surface area (Å²) in [5.74, 6) is -0.790. The van der Waals surface area contributed by atoms with Crippen LogP contribution in [0.3, 0.4) is 0 Å². The molecule has 184 valence electrons. The van der Waals surface area contributed by atoms with Crippen molar-refractivity contribution < 1.29 is 19.2 Å². The Morgan fingerprint density at radius 3 is 2.51 bits per heavy atom. The van der Waals surface area contributed by atoms with E-state index >= 15 is 0 Å². The first kappa shape index (κ1) is 24.9. The van der Waals surface area contributed by atoms with Crippen LogP contribution in [0.25, 0.3) is 10.1 Å². The van der Waals surface area contributed by atoms with E-state index in [1.807, 2.05) is 25.7 Å². The molecule has 1 aromatic heterocycles. The van der Waals surface area contributed by atoms with E-state index in [2.05, 4.69) is 10.6 Å². The molecule has 3 aromatic rings. The van der Waals surface area contributed by atoms with E-state index in [1.165, 1.54) is 23.5 Å². The van der Waals surface area contributed by atoms with Gasteiger partial charge in [-0.25, -0.2) is 0 Å². The van der Waals surface area contributed by atoms with Gasteiger partial charge in [0, 0.05) is 36.1 Å². The number of amides is 2. The van der Waals surface area contributed by atoms with Gasteiger partial charge < -0.3 is 20.3 Å². The quantitative estimate of drug-likeness (QED) is 0.361. The number of nitrogens with zero attached hydrogens (tertiary/aromatic N) is 2. The Bertz CT molecular complexity index is 1310. The van der Waals surface area contributed by atoms with Crippen LogP contribution < -0.4 is 15.5 Å². The smallest absolute Gasteiger partial charge is 0.270 e. The van der Waals surface area contributed by atoms with Crippen molar-refractivity contribution in [2.75, 3.05) is 36.5 Å². The highest BCUT2D eigenvalue weighted by atomic mass is 35.5. The number of rotatable bonds is 5. The monoisotopic (exact) mass is 516 g/mol. The predicted octanol–water partition coefficient (Wildman–Crippen LogP) is 5.08. The fraction of sp³-hybridized carbons (Fsp3) is 0.333. The van der Waals surface area contributed by atoms with Gasteiger partial charge >= 0.3 is 0 Å². The molecule has 1 aliphatic heterocycles. The standard InChI is InChI=1S/C24H25ClN4O5S/c1-24(2,3)27-23(31)21-19(25)15-5-4-6-17(20(15)35-21)26-22(30)16-13-14(29(32)33)7-8-18(16)28-9-11-34-12-10-28/h4-8,13H,9-12H2,1-3H3,(H,26,30)(H,27,31). The van der Waals surface area contributed by atoms with Gasteiger partial charge in [-0.05, 0) is 32.9 Å². The molecule has 0 bridgehead atoms. The summed E-state index contributed by atoms with van der Waals surface area (Å²) in [4.78, 5) is 39.4. The molecule has 0 unspecified atom stereocenters. The number of morpholine rings is 1. The molecule has 2 amide bonds. The van der Waals surface area contributed by atoms with E-state index in [4.69, 9.17) is 16.3 Å². The van der Waals surface area contributed by atoms with Crippen LogP contribution in [0.15, 0.2) is 36.4 Å². The Morgan fingerprint density at radius 2 is 1.86 bits per heavy atom. The van der Waals surface area contributed by atoms with Crippen LogP contribution >= 0.6 is 22.9 Å². The number of ether oxygens (including phenoxy) is 1. The second kappa shape index (κ2) is 9.80. The van der Waals surface area contributed by atoms with Crippen molar-refractivity contribution in [3.8, 4) is 0 Å². The molecule has 0 saturated carbocycles. The highest BCUT2D eigenvalue weighted by Gasteiger charge is 2.25. The number of nitro benzene ring substituents is 1. The summed E-state index contributed by atoms with van der Waals surface area (Å²) >= 11 is 7.72. The summed E-state index contributed by atoms with van der Waals surface area (Å²) in [6.07, 6.45) is 0. The molecule has 35 heavy (non-hydrogen) atoms. The molecule has 0 spiro atoms. The van der Waals surface area contributed by atoms with Crippen molar-refractivity contribution in [2.45, 2.75) is 26.3 Å². The fourth-order valence-electron chi connectivity index (χ4n) is 3.82. The van der Waals surface area contributed by atoms with E-state index in [9.17, 15) is 19.7 Å². The zero-order valence-corrected chi connectivity index (χ0v) is 21.1. The van der Waals surface area contributed by atoms with Crippen LogP contribution in [-0.2, 0) is 4.74 Å². The molecule has 0 aliphatic carbocycles. The lowest BCUT2D eigenvalue weighted by molar-refractivity contribution is -0.384. The van der Waals surface area contributed by atoms with Gasteiger partial charge in [0.25, 0.3) is 17.5 Å². The summed E-state index contributed by atoms with van der Waals surface area (Å²) in [5.41, 5.74) is 0.634. The van der Waals surface area contributed by atoms with Gasteiger partial charge in [0.15, 0.2) is 0 Å². The van der Waals surface area contributed by atoms with Gasteiger partial charge in [-0.1, -0.05) is 23.7 Å². The molecule has 1 aliphatic rings. The molecule has 1 fully saturated rings. The average Bonchev–Trinajstić information content (AvgIpc) is 3.16. The first-order valence-corrected chi connectivity index (χ1v) is 12.2. The van der Waals surface area contributed by atoms with Crippen LogP contribution in [0.4, 0.5) is 17.1 Å². The van der Waals surface area contributed by atoms with Crippen molar-refractivity contribution in [3.05, 3.63) is 62.0 Å². The fourth-order valence-corrected chi connectivity index (χ4v) is 5.29. The van der Waals surface area contributed by atoms with E-state index < -0.39 is 16.4 Å². The summed E-state index contributed by atoms with van der Waals surface area (Å²) in [5, 5.41) is 18.1. The predicted molar refractivity (Wildman–Crippen MR) is 138 cm³/mol. The van der Waals surface area contributed by atoms with Gasteiger partial charge in [-0.15, -0.1) is 11.3 Å². The average molecular weight is 517 g/mol. The number of hydrogen-bond donors (Lipinski definition) is 2. The maximum absolute atomic E-state index is 13.4. The summed E-state index contributed by atoms with van der Waals surface area (Å²) < 4.78 is 6.04. The SMILES string of the molecule is CC(C)(C)NC(=O)c1sc2c(NC(=O)c3cc([N+](=O)[O-])ccc3N3CCOCC3)cccc2c1Cl. The summed E-state index contributed by atoms with van der Waals surface area (Å²) in [6, 6.07) is 9.49. The number of nitro groups is 1. The van der Waals surface area contributed by atoms with E-state index in [-0.39, 0.29) is 17.2 Å². The lowest BCUT2D eigenvalue weighted by Gasteiger charge is -2.30. The number of hydrogen-bond acceptors (Lipinski definition) is 7. The number of benzene rings is 2. The Morgan fingerprint density at radius 1 is 1.14 bits per heavy atom. The van der Waals surface area contributed by atoms with Crippen LogP contribution in [0, 0.1) is 10.1 Å². The topological polar surface area (TPSA) is 114 Å². The Labute approximate surface area is 211 Å². The number of nitrogens with one attached hydrogen (secondary N) is 2. The summed E-state index contributed by atoms with van der Waals surface area (Å²) in [7, 11) is 0. The summed E-state index contributed by atoms with van der Waals surface area (Å²) in [6.45, 7) is 7.78. The van der Waals surface area contributed by atoms with E-state index in [0.29, 0.717) is 57.7 Å². The molecule has 0 atom stereocenters. The van der Waals surface area contributed by atoms with E-state index in [0.717, 1.165) is 0 Å². The number of thiophene rings is 1. The molecule has 9 nitrogen and oxygen atoms in total. The minimum Gasteiger partial charge on any atom is -0.378 e. The Balaban J connectivity index is 1.71. The van der Waals surface area contributed by atoms with Crippen LogP contribution in [-0.4, -0.2) is 48.6 Å². The lowest BCUT2D eigenvalue weighted by atomic mass is 10.1. The van der Waals surface area contributed by atoms with E-state index in [1.54, 1.807) is 24.3 Å². The zero-order chi connectivity index (χ0) is 25.3. The van der Waals surface area contributed by atoms with Crippen LogP contribution in [0.5, 0.6) is 0 Å². The zero-order valence-electron chi connectivity index (χ0n) is 19.5. The normalized spacial score (nSPS) is 14.1. The molecule has 11 heteroatoms. The minimum atomic E-state index is -0.528. The highest BCUT2D eigenvalue weighted by Crippen LogP contribution is 2.40. The van der Waals surface area contributed by atoms with Crippen molar-refractivity contribution in [3.63, 3.8) is 0 Å². The first-order chi connectivity index (χ1) is 16.5. The Hall–Kier alpha value is -3.21. The van der Waals surface area contributed by atoms with Gasteiger partial charge in [-0.3, -0.25) is 19.7 Å². The van der Waals surface area contributed by atoms with Crippen LogP contribution in [0.2, 0.25) is 5.02 Å². The second-order valence-electron chi connectivity index (χ2n) is 9.14. The first-order valence-electron chi connectivity index (χ1n) is 11.0. The Kier molecular flexibility index (Phi) is 6.98. The molecular weight excluding hydrogens is 492 g/mol. The largest absolute Gasteiger partial charge is 0.378 e. The minimum absolute atomic E-state index is 0.175. The number of anilines is 2. The molecule has 2 aromatic carbocycles. The van der Waals surface area contributed by atoms with Gasteiger partial charge in [-0.2, -0.15) is 0 Å². The number of carbonyl (C=O) groups excluding carboxylic acids is 2. The van der Waals surface area contributed by atoms with Crippen molar-refractivity contribution in [2.24, 2.45) is 0 Å². The third-order valence-corrected chi connectivity index (χ3v) is 7.13. The highest BCUT2D eigenvalue weighted by molar-refractivity contribution is 7.22. The molecule has 4 rings (SSSR count). The lowest BCUT2D eigenvalue weighted by Crippen LogP contribution is -2.40. The molecule has 1 saturated heterocycles. The van der Waals surface area contributed by atoms with Crippen LogP contribution in [0.1, 0.15) is 40.8 Å². The second-order valence-corrected chi connectivity index (χ2v) is 10.5. The number of carbonyl (C=O) groups is 2. The number of non-ortho nitro benzene ring substituents is 1.